The van der Waals surface area contributed by atoms with Gasteiger partial charge in [-0.2, -0.15) is 0 Å². The van der Waals surface area contributed by atoms with Crippen molar-refractivity contribution < 1.29 is 4.79 Å². The van der Waals surface area contributed by atoms with E-state index in [1.165, 1.54) is 19.3 Å². The molecule has 0 unspecified atom stereocenters. The van der Waals surface area contributed by atoms with E-state index in [4.69, 9.17) is 0 Å². The van der Waals surface area contributed by atoms with E-state index in [-0.39, 0.29) is 5.91 Å². The molecule has 4 heteroatoms. The average molecular weight is 247 g/mol. The molecule has 0 aliphatic heterocycles. The first kappa shape index (κ1) is 12.9. The maximum absolute atomic E-state index is 12.1. The molecular weight excluding hydrogens is 226 g/mol. The average Bonchev–Trinajstić information content (AvgIpc) is 2.27. The minimum Gasteiger partial charge on any atom is -0.385 e. The first-order valence-corrected chi connectivity index (χ1v) is 6.69. The molecule has 0 bridgehead atoms. The normalized spacial score (nSPS) is 15.0. The molecule has 1 aliphatic rings. The second-order valence-corrected chi connectivity index (χ2v) is 4.91. The van der Waals surface area contributed by atoms with E-state index in [2.05, 4.69) is 15.6 Å². The van der Waals surface area contributed by atoms with E-state index in [1.54, 1.807) is 6.20 Å². The number of anilines is 1. The Hall–Kier alpha value is -1.58. The zero-order chi connectivity index (χ0) is 13.0. The number of hydrogen-bond donors (Lipinski definition) is 2. The highest BCUT2D eigenvalue weighted by molar-refractivity contribution is 5.99. The van der Waals surface area contributed by atoms with Gasteiger partial charge in [-0.05, 0) is 38.7 Å². The van der Waals surface area contributed by atoms with Crippen LogP contribution in [0.2, 0.25) is 0 Å². The molecule has 1 saturated carbocycles. The van der Waals surface area contributed by atoms with E-state index < -0.39 is 0 Å². The largest absolute Gasteiger partial charge is 0.385 e. The standard InChI is InChI=1S/C14H21N3O/c1-3-15-13-7-10(2)16-9-12(13)14(18)17-8-11-5-4-6-11/h7,9,11H,3-6,8H2,1-2H3,(H,15,16)(H,17,18). The number of nitrogens with one attached hydrogen (secondary N) is 2. The highest BCUT2D eigenvalue weighted by Gasteiger charge is 2.19. The van der Waals surface area contributed by atoms with Gasteiger partial charge >= 0.3 is 0 Å². The van der Waals surface area contributed by atoms with Crippen LogP contribution in [0.4, 0.5) is 5.69 Å². The minimum absolute atomic E-state index is 0.0228. The molecule has 1 heterocycles. The van der Waals surface area contributed by atoms with E-state index in [1.807, 2.05) is 19.9 Å². The molecule has 18 heavy (non-hydrogen) atoms. The van der Waals surface area contributed by atoms with Crippen molar-refractivity contribution in [2.45, 2.75) is 33.1 Å². The van der Waals surface area contributed by atoms with Gasteiger partial charge in [0.15, 0.2) is 0 Å². The molecule has 1 aliphatic carbocycles. The summed E-state index contributed by atoms with van der Waals surface area (Å²) in [5, 5.41) is 6.21. The number of nitrogens with zero attached hydrogens (tertiary/aromatic N) is 1. The fraction of sp³-hybridized carbons (Fsp3) is 0.571. The van der Waals surface area contributed by atoms with Crippen LogP contribution < -0.4 is 10.6 Å². The maximum atomic E-state index is 12.1. The van der Waals surface area contributed by atoms with Crippen LogP contribution in [-0.4, -0.2) is 24.0 Å². The molecule has 98 valence electrons. The SMILES string of the molecule is CCNc1cc(C)ncc1C(=O)NCC1CCC1. The van der Waals surface area contributed by atoms with Crippen LogP contribution in [0.15, 0.2) is 12.3 Å². The lowest BCUT2D eigenvalue weighted by Gasteiger charge is -2.25. The van der Waals surface area contributed by atoms with Crippen LogP contribution in [0, 0.1) is 12.8 Å². The molecule has 0 aromatic carbocycles. The summed E-state index contributed by atoms with van der Waals surface area (Å²) in [7, 11) is 0. The second-order valence-electron chi connectivity index (χ2n) is 4.91. The van der Waals surface area contributed by atoms with Gasteiger partial charge in [0.1, 0.15) is 0 Å². The smallest absolute Gasteiger partial charge is 0.254 e. The number of aromatic nitrogens is 1. The third kappa shape index (κ3) is 3.00. The third-order valence-corrected chi connectivity index (χ3v) is 3.43. The highest BCUT2D eigenvalue weighted by atomic mass is 16.1. The lowest BCUT2D eigenvalue weighted by molar-refractivity contribution is 0.0939. The zero-order valence-corrected chi connectivity index (χ0v) is 11.1. The van der Waals surface area contributed by atoms with Gasteiger partial charge in [0.05, 0.1) is 11.3 Å². The molecule has 1 aromatic rings. The van der Waals surface area contributed by atoms with Gasteiger partial charge in [0, 0.05) is 25.0 Å². The van der Waals surface area contributed by atoms with Gasteiger partial charge < -0.3 is 10.6 Å². The lowest BCUT2D eigenvalue weighted by atomic mass is 9.85. The maximum Gasteiger partial charge on any atom is 0.254 e. The van der Waals surface area contributed by atoms with Crippen LogP contribution in [0.5, 0.6) is 0 Å². The summed E-state index contributed by atoms with van der Waals surface area (Å²) in [4.78, 5) is 16.3. The Morgan fingerprint density at radius 3 is 2.89 bits per heavy atom. The second kappa shape index (κ2) is 5.85. The molecule has 2 rings (SSSR count). The van der Waals surface area contributed by atoms with Crippen molar-refractivity contribution in [1.29, 1.82) is 0 Å². The van der Waals surface area contributed by atoms with Crippen molar-refractivity contribution in [1.82, 2.24) is 10.3 Å². The molecule has 0 spiro atoms. The van der Waals surface area contributed by atoms with Crippen molar-refractivity contribution >= 4 is 11.6 Å². The quantitative estimate of drug-likeness (QED) is 0.839. The molecular formula is C14H21N3O. The van der Waals surface area contributed by atoms with E-state index in [0.717, 1.165) is 24.5 Å². The van der Waals surface area contributed by atoms with Crippen molar-refractivity contribution in [3.05, 3.63) is 23.5 Å². The Morgan fingerprint density at radius 1 is 1.50 bits per heavy atom. The fourth-order valence-electron chi connectivity index (χ4n) is 2.11. The van der Waals surface area contributed by atoms with Gasteiger partial charge in [-0.1, -0.05) is 6.42 Å². The Bertz CT molecular complexity index is 427. The summed E-state index contributed by atoms with van der Waals surface area (Å²) >= 11 is 0. The Balaban J connectivity index is 2.02. The summed E-state index contributed by atoms with van der Waals surface area (Å²) in [5.41, 5.74) is 2.43. The highest BCUT2D eigenvalue weighted by Crippen LogP contribution is 2.25. The number of amides is 1. The van der Waals surface area contributed by atoms with Crippen LogP contribution >= 0.6 is 0 Å². The van der Waals surface area contributed by atoms with E-state index in [0.29, 0.717) is 11.5 Å². The molecule has 2 N–H and O–H groups in total. The van der Waals surface area contributed by atoms with E-state index >= 15 is 0 Å². The van der Waals surface area contributed by atoms with Crippen molar-refractivity contribution in [3.8, 4) is 0 Å². The predicted octanol–water partition coefficient (Wildman–Crippen LogP) is 2.35. The summed E-state index contributed by atoms with van der Waals surface area (Å²) in [6.07, 6.45) is 5.44. The third-order valence-electron chi connectivity index (χ3n) is 3.43. The first-order valence-electron chi connectivity index (χ1n) is 6.69. The number of carbonyl (C=O) groups is 1. The monoisotopic (exact) mass is 247 g/mol. The lowest BCUT2D eigenvalue weighted by Crippen LogP contribution is -2.32. The van der Waals surface area contributed by atoms with Gasteiger partial charge in [-0.15, -0.1) is 0 Å². The van der Waals surface area contributed by atoms with Crippen LogP contribution in [0.1, 0.15) is 42.2 Å². The van der Waals surface area contributed by atoms with Crippen LogP contribution in [0.25, 0.3) is 0 Å². The number of carbonyl (C=O) groups excluding carboxylic acids is 1. The first-order chi connectivity index (χ1) is 8.70. The summed E-state index contributed by atoms with van der Waals surface area (Å²) < 4.78 is 0. The van der Waals surface area contributed by atoms with Crippen molar-refractivity contribution in [2.75, 3.05) is 18.4 Å². The summed E-state index contributed by atoms with van der Waals surface area (Å²) in [6, 6.07) is 1.92. The number of rotatable bonds is 5. The molecule has 1 amide bonds. The van der Waals surface area contributed by atoms with Gasteiger partial charge in [-0.25, -0.2) is 0 Å². The van der Waals surface area contributed by atoms with Gasteiger partial charge in [-0.3, -0.25) is 9.78 Å². The summed E-state index contributed by atoms with van der Waals surface area (Å²) in [5.74, 6) is 0.653. The number of aryl methyl sites for hydroxylation is 1. The fourth-order valence-corrected chi connectivity index (χ4v) is 2.11. The molecule has 0 radical (unpaired) electrons. The van der Waals surface area contributed by atoms with Crippen LogP contribution in [-0.2, 0) is 0 Å². The summed E-state index contributed by atoms with van der Waals surface area (Å²) in [6.45, 7) is 5.54. The zero-order valence-electron chi connectivity index (χ0n) is 11.1. The van der Waals surface area contributed by atoms with Crippen LogP contribution in [0.3, 0.4) is 0 Å². The number of pyridine rings is 1. The van der Waals surface area contributed by atoms with Gasteiger partial charge in [0.2, 0.25) is 0 Å². The van der Waals surface area contributed by atoms with Crippen molar-refractivity contribution in [3.63, 3.8) is 0 Å². The predicted molar refractivity (Wildman–Crippen MR) is 72.8 cm³/mol. The molecule has 1 fully saturated rings. The molecule has 1 aromatic heterocycles. The topological polar surface area (TPSA) is 54.0 Å². The Kier molecular flexibility index (Phi) is 4.18. The molecule has 4 nitrogen and oxygen atoms in total. The Morgan fingerprint density at radius 2 is 2.28 bits per heavy atom. The molecule has 0 atom stereocenters. The van der Waals surface area contributed by atoms with Gasteiger partial charge in [0.25, 0.3) is 5.91 Å². The number of hydrogen-bond acceptors (Lipinski definition) is 3. The van der Waals surface area contributed by atoms with Crippen molar-refractivity contribution in [2.24, 2.45) is 5.92 Å². The Labute approximate surface area is 108 Å². The molecule has 0 saturated heterocycles. The minimum atomic E-state index is -0.0228. The van der Waals surface area contributed by atoms with E-state index in [9.17, 15) is 4.79 Å².